The number of amidine groups is 2. The number of hydrazone groups is 1. The van der Waals surface area contributed by atoms with Crippen LogP contribution in [-0.2, 0) is 4.79 Å². The van der Waals surface area contributed by atoms with Crippen molar-refractivity contribution in [3.05, 3.63) is 93.3 Å². The SMILES string of the molecule is Cc1cccc(C2=NN3C(=N)/C(=C/c4cc(C)n(-c5ccccc5Cl)c4C)C(=O)N=C3S2)c1. The molecule has 5 rings (SSSR count). The molecule has 0 saturated carbocycles. The van der Waals surface area contributed by atoms with Crippen molar-refractivity contribution < 1.29 is 4.79 Å². The lowest BCUT2D eigenvalue weighted by molar-refractivity contribution is -0.114. The number of thioether (sulfide) groups is 1. The van der Waals surface area contributed by atoms with Crippen LogP contribution in [0.4, 0.5) is 0 Å². The molecule has 6 nitrogen and oxygen atoms in total. The van der Waals surface area contributed by atoms with Crippen molar-refractivity contribution in [2.75, 3.05) is 0 Å². The topological polar surface area (TPSA) is 73.8 Å². The van der Waals surface area contributed by atoms with Crippen molar-refractivity contribution >= 4 is 51.4 Å². The molecule has 2 aliphatic heterocycles. The monoisotopic (exact) mass is 473 g/mol. The molecule has 0 bridgehead atoms. The summed E-state index contributed by atoms with van der Waals surface area (Å²) in [6.45, 7) is 5.96. The van der Waals surface area contributed by atoms with Gasteiger partial charge in [-0.15, -0.1) is 0 Å². The molecular weight excluding hydrogens is 454 g/mol. The lowest BCUT2D eigenvalue weighted by Gasteiger charge is -2.20. The molecular formula is C25H20ClN5OS. The van der Waals surface area contributed by atoms with Gasteiger partial charge in [0.2, 0.25) is 5.17 Å². The third-order valence-corrected chi connectivity index (χ3v) is 6.86. The number of hydrogen-bond donors (Lipinski definition) is 1. The molecule has 2 aromatic carbocycles. The fourth-order valence-electron chi connectivity index (χ4n) is 3.98. The van der Waals surface area contributed by atoms with Gasteiger partial charge >= 0.3 is 0 Å². The van der Waals surface area contributed by atoms with E-state index in [0.717, 1.165) is 33.8 Å². The average molecular weight is 474 g/mol. The van der Waals surface area contributed by atoms with E-state index < -0.39 is 5.91 Å². The van der Waals surface area contributed by atoms with Gasteiger partial charge in [-0.2, -0.15) is 15.1 Å². The zero-order valence-corrected chi connectivity index (χ0v) is 19.8. The molecule has 33 heavy (non-hydrogen) atoms. The van der Waals surface area contributed by atoms with E-state index in [9.17, 15) is 4.79 Å². The van der Waals surface area contributed by atoms with Gasteiger partial charge in [-0.05, 0) is 68.4 Å². The van der Waals surface area contributed by atoms with Gasteiger partial charge in [-0.3, -0.25) is 10.2 Å². The number of halogens is 1. The zero-order valence-electron chi connectivity index (χ0n) is 18.3. The van der Waals surface area contributed by atoms with E-state index in [1.54, 1.807) is 6.08 Å². The maximum absolute atomic E-state index is 12.9. The number of hydrogen-bond acceptors (Lipinski definition) is 4. The Morgan fingerprint density at radius 1 is 1.06 bits per heavy atom. The number of aryl methyl sites for hydroxylation is 2. The summed E-state index contributed by atoms with van der Waals surface area (Å²) in [5, 5.41) is 16.5. The van der Waals surface area contributed by atoms with E-state index in [2.05, 4.69) is 10.1 Å². The third-order valence-electron chi connectivity index (χ3n) is 5.58. The van der Waals surface area contributed by atoms with Crippen LogP contribution in [0, 0.1) is 26.2 Å². The minimum atomic E-state index is -0.443. The molecule has 2 aliphatic rings. The summed E-state index contributed by atoms with van der Waals surface area (Å²) < 4.78 is 2.04. The highest BCUT2D eigenvalue weighted by molar-refractivity contribution is 8.27. The molecule has 0 atom stereocenters. The second kappa shape index (κ2) is 8.17. The van der Waals surface area contributed by atoms with Crippen LogP contribution in [0.5, 0.6) is 0 Å². The van der Waals surface area contributed by atoms with Crippen molar-refractivity contribution in [3.8, 4) is 5.69 Å². The number of aromatic nitrogens is 1. The third kappa shape index (κ3) is 3.73. The van der Waals surface area contributed by atoms with Crippen LogP contribution in [0.15, 0.2) is 70.3 Å². The molecule has 0 fully saturated rings. The molecule has 0 aliphatic carbocycles. The second-order valence-electron chi connectivity index (χ2n) is 7.91. The summed E-state index contributed by atoms with van der Waals surface area (Å²) in [5.41, 5.74) is 5.84. The quantitative estimate of drug-likeness (QED) is 0.494. The highest BCUT2D eigenvalue weighted by atomic mass is 35.5. The molecule has 3 aromatic rings. The standard InChI is InChI=1S/C25H20ClN5OS/c1-14-7-6-8-17(11-14)24-29-31-22(27)19(23(32)28-25(31)33-24)13-18-12-15(2)30(16(18)3)21-10-5-4-9-20(21)26/h4-13,27H,1-3H3/b19-13-,27-22?. The van der Waals surface area contributed by atoms with E-state index in [4.69, 9.17) is 17.0 Å². The number of carbonyl (C=O) groups is 1. The first kappa shape index (κ1) is 21.4. The van der Waals surface area contributed by atoms with E-state index in [0.29, 0.717) is 15.2 Å². The van der Waals surface area contributed by atoms with Crippen LogP contribution < -0.4 is 0 Å². The molecule has 0 spiro atoms. The van der Waals surface area contributed by atoms with Gasteiger partial charge in [0, 0.05) is 17.0 Å². The smallest absolute Gasteiger partial charge is 0.283 e. The summed E-state index contributed by atoms with van der Waals surface area (Å²) >= 11 is 7.72. The van der Waals surface area contributed by atoms with Crippen molar-refractivity contribution in [3.63, 3.8) is 0 Å². The first-order valence-electron chi connectivity index (χ1n) is 10.3. The number of rotatable bonds is 3. The minimum absolute atomic E-state index is 0.0164. The Bertz CT molecular complexity index is 1430. The maximum atomic E-state index is 12.9. The molecule has 3 heterocycles. The van der Waals surface area contributed by atoms with Crippen LogP contribution in [0.2, 0.25) is 5.02 Å². The predicted molar refractivity (Wildman–Crippen MR) is 136 cm³/mol. The minimum Gasteiger partial charge on any atom is -0.316 e. The van der Waals surface area contributed by atoms with Crippen LogP contribution in [-0.4, -0.2) is 31.5 Å². The van der Waals surface area contributed by atoms with Gasteiger partial charge in [0.05, 0.1) is 16.3 Å². The zero-order chi connectivity index (χ0) is 23.3. The normalized spacial score (nSPS) is 16.8. The van der Waals surface area contributed by atoms with Gasteiger partial charge < -0.3 is 4.57 Å². The summed E-state index contributed by atoms with van der Waals surface area (Å²) in [4.78, 5) is 17.1. The lowest BCUT2D eigenvalue weighted by atomic mass is 10.1. The molecule has 0 saturated heterocycles. The highest BCUT2D eigenvalue weighted by Crippen LogP contribution is 2.32. The number of carbonyl (C=O) groups excluding carboxylic acids is 1. The number of amides is 1. The van der Waals surface area contributed by atoms with Gasteiger partial charge in [-0.1, -0.05) is 47.5 Å². The Morgan fingerprint density at radius 2 is 1.85 bits per heavy atom. The molecule has 1 N–H and O–H groups in total. The largest absolute Gasteiger partial charge is 0.316 e. The van der Waals surface area contributed by atoms with E-state index >= 15 is 0 Å². The fraction of sp³-hybridized carbons (Fsp3) is 0.120. The molecule has 1 aromatic heterocycles. The maximum Gasteiger partial charge on any atom is 0.283 e. The number of para-hydroxylation sites is 1. The van der Waals surface area contributed by atoms with Gasteiger partial charge in [0.1, 0.15) is 5.04 Å². The van der Waals surface area contributed by atoms with Gasteiger partial charge in [0.25, 0.3) is 5.91 Å². The lowest BCUT2D eigenvalue weighted by Crippen LogP contribution is -2.35. The summed E-state index contributed by atoms with van der Waals surface area (Å²) in [6.07, 6.45) is 1.71. The Morgan fingerprint density at radius 3 is 2.61 bits per heavy atom. The Hall–Kier alpha value is -3.42. The van der Waals surface area contributed by atoms with Crippen LogP contribution in [0.3, 0.4) is 0 Å². The predicted octanol–water partition coefficient (Wildman–Crippen LogP) is 5.72. The Kier molecular flexibility index (Phi) is 5.31. The van der Waals surface area contributed by atoms with Crippen LogP contribution >= 0.6 is 23.4 Å². The van der Waals surface area contributed by atoms with Crippen LogP contribution in [0.25, 0.3) is 11.8 Å². The van der Waals surface area contributed by atoms with Crippen molar-refractivity contribution in [1.29, 1.82) is 5.41 Å². The second-order valence-corrected chi connectivity index (χ2v) is 9.27. The molecule has 0 radical (unpaired) electrons. The first-order chi connectivity index (χ1) is 15.8. The fourth-order valence-corrected chi connectivity index (χ4v) is 5.09. The average Bonchev–Trinajstić information content (AvgIpc) is 3.32. The highest BCUT2D eigenvalue weighted by Gasteiger charge is 2.36. The molecule has 0 unspecified atom stereocenters. The summed E-state index contributed by atoms with van der Waals surface area (Å²) in [7, 11) is 0. The van der Waals surface area contributed by atoms with Crippen molar-refractivity contribution in [1.82, 2.24) is 9.58 Å². The van der Waals surface area contributed by atoms with Gasteiger partial charge in [0.15, 0.2) is 5.84 Å². The number of benzene rings is 2. The molecule has 1 amide bonds. The number of fused-ring (bicyclic) bond motifs is 1. The first-order valence-corrected chi connectivity index (χ1v) is 11.5. The number of nitrogens with zero attached hydrogens (tertiary/aromatic N) is 4. The molecule has 164 valence electrons. The number of aliphatic imine (C=N–C) groups is 1. The van der Waals surface area contributed by atoms with E-state index in [1.165, 1.54) is 16.8 Å². The van der Waals surface area contributed by atoms with Crippen molar-refractivity contribution in [2.24, 2.45) is 10.1 Å². The summed E-state index contributed by atoms with van der Waals surface area (Å²) in [6, 6.07) is 17.6. The van der Waals surface area contributed by atoms with Crippen molar-refractivity contribution in [2.45, 2.75) is 20.8 Å². The molecule has 8 heteroatoms. The number of nitrogens with one attached hydrogen (secondary N) is 1. The Labute approximate surface area is 200 Å². The van der Waals surface area contributed by atoms with E-state index in [1.807, 2.05) is 79.9 Å². The summed E-state index contributed by atoms with van der Waals surface area (Å²) in [5.74, 6) is -0.426. The van der Waals surface area contributed by atoms with Gasteiger partial charge in [-0.25, -0.2) is 0 Å². The van der Waals surface area contributed by atoms with Crippen LogP contribution in [0.1, 0.15) is 28.1 Å². The Balaban J connectivity index is 1.53. The van der Waals surface area contributed by atoms with E-state index in [-0.39, 0.29) is 11.4 Å².